The first kappa shape index (κ1) is 16.3. The number of carbonyl (C=O) groups is 1. The third-order valence-corrected chi connectivity index (χ3v) is 4.90. The number of amides is 1. The average molecular weight is 341 g/mol. The summed E-state index contributed by atoms with van der Waals surface area (Å²) in [6.07, 6.45) is 0. The number of nitrogens with one attached hydrogen (secondary N) is 1. The van der Waals surface area contributed by atoms with Crippen molar-refractivity contribution in [1.29, 1.82) is 0 Å². The number of aromatic nitrogens is 1. The Morgan fingerprint density at radius 1 is 1.38 bits per heavy atom. The molecule has 112 valence electrons. The Kier molecular flexibility index (Phi) is 5.30. The zero-order valence-electron chi connectivity index (χ0n) is 12.1. The molecule has 2 rings (SSSR count). The molecule has 3 nitrogen and oxygen atoms in total. The van der Waals surface area contributed by atoms with Crippen molar-refractivity contribution in [3.05, 3.63) is 34.7 Å². The fraction of sp³-hybridized carbons (Fsp3) is 0.333. The van der Waals surface area contributed by atoms with Gasteiger partial charge in [-0.05, 0) is 6.07 Å². The third kappa shape index (κ3) is 5.02. The van der Waals surface area contributed by atoms with E-state index in [4.69, 9.17) is 11.6 Å². The fourth-order valence-corrected chi connectivity index (χ4v) is 3.16. The van der Waals surface area contributed by atoms with Gasteiger partial charge in [0.25, 0.3) is 0 Å². The van der Waals surface area contributed by atoms with Crippen molar-refractivity contribution in [2.75, 3.05) is 11.1 Å². The lowest BCUT2D eigenvalue weighted by Gasteiger charge is -2.16. The van der Waals surface area contributed by atoms with Gasteiger partial charge in [-0.2, -0.15) is 0 Å². The predicted octanol–water partition coefficient (Wildman–Crippen LogP) is 4.93. The van der Waals surface area contributed by atoms with E-state index in [0.29, 0.717) is 15.9 Å². The molecule has 0 aliphatic carbocycles. The van der Waals surface area contributed by atoms with Crippen LogP contribution in [0.4, 0.5) is 5.13 Å². The molecular formula is C15H17ClN2OS2. The number of thiazole rings is 1. The minimum absolute atomic E-state index is 0.0324. The molecule has 1 N–H and O–H groups in total. The smallest absolute Gasteiger partial charge is 0.236 e. The van der Waals surface area contributed by atoms with Gasteiger partial charge in [-0.15, -0.1) is 23.1 Å². The minimum Gasteiger partial charge on any atom is -0.301 e. The minimum atomic E-state index is -0.0324. The number of hydrogen-bond acceptors (Lipinski definition) is 4. The van der Waals surface area contributed by atoms with E-state index >= 15 is 0 Å². The molecular weight excluding hydrogens is 324 g/mol. The number of anilines is 1. The van der Waals surface area contributed by atoms with Crippen LogP contribution in [0.25, 0.3) is 11.3 Å². The maximum atomic E-state index is 11.9. The van der Waals surface area contributed by atoms with E-state index in [2.05, 4.69) is 31.1 Å². The molecule has 0 aliphatic rings. The Hall–Kier alpha value is -1.04. The van der Waals surface area contributed by atoms with Gasteiger partial charge in [0, 0.05) is 20.7 Å². The van der Waals surface area contributed by atoms with Crippen LogP contribution in [0.5, 0.6) is 0 Å². The zero-order chi connectivity index (χ0) is 15.5. The molecule has 0 fully saturated rings. The Morgan fingerprint density at radius 3 is 2.76 bits per heavy atom. The number of halogens is 1. The molecule has 21 heavy (non-hydrogen) atoms. The second-order valence-electron chi connectivity index (χ2n) is 5.47. The summed E-state index contributed by atoms with van der Waals surface area (Å²) in [4.78, 5) is 16.3. The first-order valence-corrected chi connectivity index (χ1v) is 8.74. The van der Waals surface area contributed by atoms with Crippen molar-refractivity contribution in [2.45, 2.75) is 25.5 Å². The summed E-state index contributed by atoms with van der Waals surface area (Å²) >= 11 is 9.16. The van der Waals surface area contributed by atoms with Crippen molar-refractivity contribution in [3.8, 4) is 11.3 Å². The van der Waals surface area contributed by atoms with Gasteiger partial charge in [0.2, 0.25) is 5.91 Å². The maximum Gasteiger partial charge on any atom is 0.236 e. The SMILES string of the molecule is CC(C)(C)SCC(=O)Nc1nc(-c2ccccc2Cl)cs1. The quantitative estimate of drug-likeness (QED) is 0.857. The zero-order valence-corrected chi connectivity index (χ0v) is 14.5. The molecule has 0 bridgehead atoms. The Morgan fingerprint density at radius 2 is 2.10 bits per heavy atom. The van der Waals surface area contributed by atoms with Gasteiger partial charge < -0.3 is 5.32 Å². The molecule has 2 aromatic rings. The van der Waals surface area contributed by atoms with Gasteiger partial charge in [0.1, 0.15) is 0 Å². The number of rotatable bonds is 4. The van der Waals surface area contributed by atoms with Crippen LogP contribution in [0, 0.1) is 0 Å². The summed E-state index contributed by atoms with van der Waals surface area (Å²) in [6.45, 7) is 6.26. The third-order valence-electron chi connectivity index (χ3n) is 2.54. The van der Waals surface area contributed by atoms with Gasteiger partial charge in [-0.3, -0.25) is 4.79 Å². The van der Waals surface area contributed by atoms with Crippen molar-refractivity contribution in [3.63, 3.8) is 0 Å². The molecule has 0 aliphatic heterocycles. The van der Waals surface area contributed by atoms with Crippen LogP contribution in [0.1, 0.15) is 20.8 Å². The highest BCUT2D eigenvalue weighted by Gasteiger charge is 2.15. The molecule has 1 aromatic carbocycles. The van der Waals surface area contributed by atoms with Gasteiger partial charge in [-0.25, -0.2) is 4.98 Å². The first-order valence-electron chi connectivity index (χ1n) is 6.49. The summed E-state index contributed by atoms with van der Waals surface area (Å²) in [5.41, 5.74) is 1.66. The van der Waals surface area contributed by atoms with E-state index in [1.807, 2.05) is 29.6 Å². The van der Waals surface area contributed by atoms with E-state index in [1.165, 1.54) is 11.3 Å². The number of nitrogens with zero attached hydrogens (tertiary/aromatic N) is 1. The highest BCUT2D eigenvalue weighted by atomic mass is 35.5. The summed E-state index contributed by atoms with van der Waals surface area (Å²) in [6, 6.07) is 7.54. The van der Waals surface area contributed by atoms with Crippen LogP contribution < -0.4 is 5.32 Å². The molecule has 0 unspecified atom stereocenters. The highest BCUT2D eigenvalue weighted by Crippen LogP contribution is 2.30. The molecule has 1 aromatic heterocycles. The normalized spacial score (nSPS) is 11.4. The largest absolute Gasteiger partial charge is 0.301 e. The lowest BCUT2D eigenvalue weighted by molar-refractivity contribution is -0.113. The molecule has 1 heterocycles. The van der Waals surface area contributed by atoms with Crippen LogP contribution in [0.15, 0.2) is 29.6 Å². The predicted molar refractivity (Wildman–Crippen MR) is 93.4 cm³/mol. The van der Waals surface area contributed by atoms with E-state index in [1.54, 1.807) is 11.8 Å². The average Bonchev–Trinajstić information content (AvgIpc) is 2.84. The second-order valence-corrected chi connectivity index (χ2v) is 8.53. The lowest BCUT2D eigenvalue weighted by Crippen LogP contribution is -2.18. The monoisotopic (exact) mass is 340 g/mol. The van der Waals surface area contributed by atoms with Crippen molar-refractivity contribution >= 4 is 45.7 Å². The summed E-state index contributed by atoms with van der Waals surface area (Å²) in [5.74, 6) is 0.389. The van der Waals surface area contributed by atoms with E-state index in [0.717, 1.165) is 11.3 Å². The van der Waals surface area contributed by atoms with Crippen LogP contribution in [-0.2, 0) is 4.79 Å². The first-order chi connectivity index (χ1) is 9.85. The van der Waals surface area contributed by atoms with E-state index in [9.17, 15) is 4.79 Å². The van der Waals surface area contributed by atoms with Gasteiger partial charge in [0.05, 0.1) is 11.4 Å². The highest BCUT2D eigenvalue weighted by molar-refractivity contribution is 8.01. The van der Waals surface area contributed by atoms with E-state index < -0.39 is 0 Å². The Labute approximate surface area is 138 Å². The molecule has 1 amide bonds. The summed E-state index contributed by atoms with van der Waals surface area (Å²) in [7, 11) is 0. The number of benzene rings is 1. The van der Waals surface area contributed by atoms with Crippen molar-refractivity contribution < 1.29 is 4.79 Å². The van der Waals surface area contributed by atoms with Crippen LogP contribution >= 0.6 is 34.7 Å². The molecule has 6 heteroatoms. The van der Waals surface area contributed by atoms with Crippen molar-refractivity contribution in [2.24, 2.45) is 0 Å². The summed E-state index contributed by atoms with van der Waals surface area (Å²) < 4.78 is 0.0724. The lowest BCUT2D eigenvalue weighted by atomic mass is 10.2. The molecule has 0 radical (unpaired) electrons. The second kappa shape index (κ2) is 6.81. The van der Waals surface area contributed by atoms with Gasteiger partial charge >= 0.3 is 0 Å². The van der Waals surface area contributed by atoms with Gasteiger partial charge in [-0.1, -0.05) is 50.6 Å². The fourth-order valence-electron chi connectivity index (χ4n) is 1.56. The van der Waals surface area contributed by atoms with Crippen LogP contribution in [0.3, 0.4) is 0 Å². The van der Waals surface area contributed by atoms with E-state index in [-0.39, 0.29) is 10.7 Å². The molecule has 0 spiro atoms. The molecule has 0 saturated carbocycles. The molecule has 0 saturated heterocycles. The Bertz CT molecular complexity index is 635. The van der Waals surface area contributed by atoms with Crippen LogP contribution in [-0.4, -0.2) is 21.4 Å². The Balaban J connectivity index is 2.01. The topological polar surface area (TPSA) is 42.0 Å². The number of thioether (sulfide) groups is 1. The molecule has 0 atom stereocenters. The van der Waals surface area contributed by atoms with Crippen molar-refractivity contribution in [1.82, 2.24) is 4.98 Å². The van der Waals surface area contributed by atoms with Gasteiger partial charge in [0.15, 0.2) is 5.13 Å². The number of carbonyl (C=O) groups excluding carboxylic acids is 1. The number of hydrogen-bond donors (Lipinski definition) is 1. The standard InChI is InChI=1S/C15H17ClN2OS2/c1-15(2,3)21-9-13(19)18-14-17-12(8-20-14)10-6-4-5-7-11(10)16/h4-8H,9H2,1-3H3,(H,17,18,19). The van der Waals surface area contributed by atoms with Crippen LogP contribution in [0.2, 0.25) is 5.02 Å². The maximum absolute atomic E-state index is 11.9. The summed E-state index contributed by atoms with van der Waals surface area (Å²) in [5, 5.41) is 5.98.